The summed E-state index contributed by atoms with van der Waals surface area (Å²) in [6.45, 7) is 0.795. The summed E-state index contributed by atoms with van der Waals surface area (Å²) in [6, 6.07) is 8.27. The second-order valence-corrected chi connectivity index (χ2v) is 6.52. The van der Waals surface area contributed by atoms with Crippen LogP contribution < -0.4 is 5.73 Å². The van der Waals surface area contributed by atoms with Crippen molar-refractivity contribution in [2.24, 2.45) is 11.7 Å². The number of thioether (sulfide) groups is 1. The van der Waals surface area contributed by atoms with Gasteiger partial charge >= 0.3 is 0 Å². The van der Waals surface area contributed by atoms with E-state index in [4.69, 9.17) is 10.3 Å². The van der Waals surface area contributed by atoms with E-state index >= 15 is 0 Å². The fourth-order valence-electron chi connectivity index (χ4n) is 2.90. The molecule has 1 aliphatic rings. The lowest BCUT2D eigenvalue weighted by Crippen LogP contribution is -2.20. The van der Waals surface area contributed by atoms with E-state index in [2.05, 4.69) is 28.5 Å². The normalized spacial score (nSPS) is 22.4. The predicted molar refractivity (Wildman–Crippen MR) is 85.3 cm³/mol. The second kappa shape index (κ2) is 6.62. The SMILES string of the molecule is CSc1ccc(-c2noc(C3CCC(CN)CC3)n2)cc1. The van der Waals surface area contributed by atoms with Crippen LogP contribution in [0.3, 0.4) is 0 Å². The Morgan fingerprint density at radius 2 is 1.90 bits per heavy atom. The molecule has 0 amide bonds. The first-order valence-electron chi connectivity index (χ1n) is 7.48. The van der Waals surface area contributed by atoms with Gasteiger partial charge in [0, 0.05) is 16.4 Å². The van der Waals surface area contributed by atoms with Gasteiger partial charge in [-0.25, -0.2) is 0 Å². The Balaban J connectivity index is 1.71. The van der Waals surface area contributed by atoms with Crippen molar-refractivity contribution in [3.05, 3.63) is 30.2 Å². The van der Waals surface area contributed by atoms with Crippen molar-refractivity contribution in [1.29, 1.82) is 0 Å². The van der Waals surface area contributed by atoms with E-state index in [1.54, 1.807) is 11.8 Å². The lowest BCUT2D eigenvalue weighted by atomic mass is 9.82. The summed E-state index contributed by atoms with van der Waals surface area (Å²) >= 11 is 1.73. The van der Waals surface area contributed by atoms with Gasteiger partial charge in [0.15, 0.2) is 0 Å². The molecule has 112 valence electrons. The molecule has 0 atom stereocenters. The van der Waals surface area contributed by atoms with Crippen molar-refractivity contribution in [1.82, 2.24) is 10.1 Å². The average Bonchev–Trinajstić information content (AvgIpc) is 3.05. The van der Waals surface area contributed by atoms with E-state index in [-0.39, 0.29) is 0 Å². The maximum atomic E-state index is 5.74. The predicted octanol–water partition coefficient (Wildman–Crippen LogP) is 3.69. The molecule has 1 aromatic carbocycles. The van der Waals surface area contributed by atoms with Gasteiger partial charge < -0.3 is 10.3 Å². The quantitative estimate of drug-likeness (QED) is 0.873. The summed E-state index contributed by atoms with van der Waals surface area (Å²) in [5.74, 6) is 2.55. The minimum atomic E-state index is 0.402. The highest BCUT2D eigenvalue weighted by Gasteiger charge is 2.25. The molecule has 0 saturated heterocycles. The molecule has 0 bridgehead atoms. The monoisotopic (exact) mass is 303 g/mol. The minimum absolute atomic E-state index is 0.402. The zero-order valence-electron chi connectivity index (χ0n) is 12.3. The van der Waals surface area contributed by atoms with Crippen molar-refractivity contribution in [3.63, 3.8) is 0 Å². The highest BCUT2D eigenvalue weighted by Crippen LogP contribution is 2.35. The van der Waals surface area contributed by atoms with Crippen molar-refractivity contribution >= 4 is 11.8 Å². The fourth-order valence-corrected chi connectivity index (χ4v) is 3.31. The molecule has 1 saturated carbocycles. The molecule has 1 fully saturated rings. The van der Waals surface area contributed by atoms with E-state index in [0.29, 0.717) is 17.7 Å². The summed E-state index contributed by atoms with van der Waals surface area (Å²) in [5, 5.41) is 4.14. The van der Waals surface area contributed by atoms with Crippen LogP contribution in [0.1, 0.15) is 37.5 Å². The molecule has 0 radical (unpaired) electrons. The lowest BCUT2D eigenvalue weighted by Gasteiger charge is -2.24. The molecular weight excluding hydrogens is 282 g/mol. The molecule has 1 aliphatic carbocycles. The van der Waals surface area contributed by atoms with Crippen LogP contribution in [0.2, 0.25) is 0 Å². The number of nitrogens with two attached hydrogens (primary N) is 1. The molecule has 5 heteroatoms. The first-order valence-corrected chi connectivity index (χ1v) is 8.70. The maximum absolute atomic E-state index is 5.74. The number of hydrogen-bond donors (Lipinski definition) is 1. The molecule has 1 heterocycles. The molecule has 4 nitrogen and oxygen atoms in total. The smallest absolute Gasteiger partial charge is 0.230 e. The largest absolute Gasteiger partial charge is 0.339 e. The Labute approximate surface area is 129 Å². The summed E-state index contributed by atoms with van der Waals surface area (Å²) < 4.78 is 5.49. The van der Waals surface area contributed by atoms with Crippen molar-refractivity contribution in [2.75, 3.05) is 12.8 Å². The summed E-state index contributed by atoms with van der Waals surface area (Å²) in [7, 11) is 0. The van der Waals surface area contributed by atoms with Crippen molar-refractivity contribution < 1.29 is 4.52 Å². The van der Waals surface area contributed by atoms with Gasteiger partial charge in [-0.05, 0) is 68.7 Å². The average molecular weight is 303 g/mol. The Bertz CT molecular complexity index is 573. The molecule has 0 unspecified atom stereocenters. The van der Waals surface area contributed by atoms with Crippen molar-refractivity contribution in [2.45, 2.75) is 36.5 Å². The molecular formula is C16H21N3OS. The van der Waals surface area contributed by atoms with Gasteiger partial charge in [-0.1, -0.05) is 5.16 Å². The van der Waals surface area contributed by atoms with Gasteiger partial charge in [0.2, 0.25) is 11.7 Å². The second-order valence-electron chi connectivity index (χ2n) is 5.64. The molecule has 3 rings (SSSR count). The molecule has 21 heavy (non-hydrogen) atoms. The lowest BCUT2D eigenvalue weighted by molar-refractivity contribution is 0.275. The number of nitrogens with zero attached hydrogens (tertiary/aromatic N) is 2. The molecule has 0 spiro atoms. The van der Waals surface area contributed by atoms with Gasteiger partial charge in [0.25, 0.3) is 0 Å². The van der Waals surface area contributed by atoms with Gasteiger partial charge in [-0.15, -0.1) is 11.8 Å². The third-order valence-corrected chi connectivity index (χ3v) is 5.06. The highest BCUT2D eigenvalue weighted by atomic mass is 32.2. The van der Waals surface area contributed by atoms with Crippen LogP contribution >= 0.6 is 11.8 Å². The number of rotatable bonds is 4. The molecule has 2 aromatic rings. The van der Waals surface area contributed by atoms with Gasteiger partial charge in [-0.3, -0.25) is 0 Å². The zero-order chi connectivity index (χ0) is 14.7. The summed E-state index contributed by atoms with van der Waals surface area (Å²) in [5.41, 5.74) is 6.75. The van der Waals surface area contributed by atoms with Crippen LogP contribution in [0.5, 0.6) is 0 Å². The summed E-state index contributed by atoms with van der Waals surface area (Å²) in [4.78, 5) is 5.83. The highest BCUT2D eigenvalue weighted by molar-refractivity contribution is 7.98. The Hall–Kier alpha value is -1.33. The Morgan fingerprint density at radius 3 is 2.52 bits per heavy atom. The van der Waals surface area contributed by atoms with Gasteiger partial charge in [0.05, 0.1) is 0 Å². The van der Waals surface area contributed by atoms with E-state index in [0.717, 1.165) is 30.8 Å². The third kappa shape index (κ3) is 3.30. The Kier molecular flexibility index (Phi) is 4.60. The van der Waals surface area contributed by atoms with Crippen LogP contribution in [-0.4, -0.2) is 22.9 Å². The first kappa shape index (κ1) is 14.6. The van der Waals surface area contributed by atoms with Crippen LogP contribution in [0.4, 0.5) is 0 Å². The number of hydrogen-bond acceptors (Lipinski definition) is 5. The summed E-state index contributed by atoms with van der Waals surface area (Å²) in [6.07, 6.45) is 6.62. The number of benzene rings is 1. The standard InChI is InChI=1S/C16H21N3OS/c1-21-14-8-6-12(7-9-14)15-18-16(20-19-15)13-4-2-11(10-17)3-5-13/h6-9,11,13H,2-5,10,17H2,1H3. The van der Waals surface area contributed by atoms with E-state index in [1.165, 1.54) is 17.7 Å². The van der Waals surface area contributed by atoms with E-state index in [1.807, 2.05) is 12.1 Å². The van der Waals surface area contributed by atoms with Crippen LogP contribution in [0, 0.1) is 5.92 Å². The zero-order valence-corrected chi connectivity index (χ0v) is 13.1. The maximum Gasteiger partial charge on any atom is 0.230 e. The molecule has 2 N–H and O–H groups in total. The number of aromatic nitrogens is 2. The van der Waals surface area contributed by atoms with Crippen molar-refractivity contribution in [3.8, 4) is 11.4 Å². The van der Waals surface area contributed by atoms with E-state index in [9.17, 15) is 0 Å². The fraction of sp³-hybridized carbons (Fsp3) is 0.500. The van der Waals surface area contributed by atoms with Crippen LogP contribution in [0.25, 0.3) is 11.4 Å². The van der Waals surface area contributed by atoms with Gasteiger partial charge in [0.1, 0.15) is 0 Å². The first-order chi connectivity index (χ1) is 10.3. The van der Waals surface area contributed by atoms with Crippen LogP contribution in [-0.2, 0) is 0 Å². The van der Waals surface area contributed by atoms with Gasteiger partial charge in [-0.2, -0.15) is 4.98 Å². The topological polar surface area (TPSA) is 64.9 Å². The van der Waals surface area contributed by atoms with Crippen LogP contribution in [0.15, 0.2) is 33.7 Å². The van der Waals surface area contributed by atoms with E-state index < -0.39 is 0 Å². The molecule has 1 aromatic heterocycles. The Morgan fingerprint density at radius 1 is 1.19 bits per heavy atom. The third-order valence-electron chi connectivity index (χ3n) is 4.32. The minimum Gasteiger partial charge on any atom is -0.339 e. The molecule has 0 aliphatic heterocycles.